The van der Waals surface area contributed by atoms with Gasteiger partial charge in [0.15, 0.2) is 11.9 Å². The van der Waals surface area contributed by atoms with Crippen molar-refractivity contribution >= 4 is 0 Å². The standard InChI is InChI=1S/C11H15NO2/c13-12-8-4-7-11(9-12)14-10-5-2-1-3-6-10/h4,7-10H,1-3,5-6H2. The van der Waals surface area contributed by atoms with E-state index in [1.165, 1.54) is 31.7 Å². The van der Waals surface area contributed by atoms with Crippen molar-refractivity contribution in [3.05, 3.63) is 29.7 Å². The molecule has 1 heterocycles. The van der Waals surface area contributed by atoms with Gasteiger partial charge in [-0.2, -0.15) is 4.73 Å². The van der Waals surface area contributed by atoms with Crippen LogP contribution in [0.15, 0.2) is 24.5 Å². The van der Waals surface area contributed by atoms with Gasteiger partial charge in [-0.15, -0.1) is 0 Å². The van der Waals surface area contributed by atoms with Gasteiger partial charge in [0.1, 0.15) is 0 Å². The van der Waals surface area contributed by atoms with Crippen molar-refractivity contribution in [1.29, 1.82) is 0 Å². The predicted molar refractivity (Wildman–Crippen MR) is 52.9 cm³/mol. The molecule has 0 aliphatic heterocycles. The van der Waals surface area contributed by atoms with Crippen LogP contribution < -0.4 is 9.47 Å². The van der Waals surface area contributed by atoms with Crippen LogP contribution >= 0.6 is 0 Å². The molecule has 1 aromatic heterocycles. The summed E-state index contributed by atoms with van der Waals surface area (Å²) in [6, 6.07) is 3.55. The summed E-state index contributed by atoms with van der Waals surface area (Å²) in [5.74, 6) is 0.689. The monoisotopic (exact) mass is 193 g/mol. The molecular weight excluding hydrogens is 178 g/mol. The highest BCUT2D eigenvalue weighted by molar-refractivity contribution is 5.13. The summed E-state index contributed by atoms with van der Waals surface area (Å²) in [6.45, 7) is 0. The van der Waals surface area contributed by atoms with Crippen LogP contribution in [0.1, 0.15) is 32.1 Å². The average Bonchev–Trinajstić information content (AvgIpc) is 2.19. The zero-order chi connectivity index (χ0) is 9.80. The summed E-state index contributed by atoms with van der Waals surface area (Å²) in [4.78, 5) is 0. The van der Waals surface area contributed by atoms with Gasteiger partial charge in [0, 0.05) is 6.07 Å². The second kappa shape index (κ2) is 4.31. The molecule has 3 heteroatoms. The van der Waals surface area contributed by atoms with Gasteiger partial charge in [0.25, 0.3) is 0 Å². The number of rotatable bonds is 2. The molecule has 0 unspecified atom stereocenters. The molecule has 1 aliphatic rings. The van der Waals surface area contributed by atoms with Crippen molar-refractivity contribution in [3.63, 3.8) is 0 Å². The van der Waals surface area contributed by atoms with Crippen LogP contribution in [0.5, 0.6) is 5.75 Å². The van der Waals surface area contributed by atoms with Crippen molar-refractivity contribution in [2.45, 2.75) is 38.2 Å². The van der Waals surface area contributed by atoms with Crippen LogP contribution in [0, 0.1) is 5.21 Å². The van der Waals surface area contributed by atoms with Gasteiger partial charge < -0.3 is 9.94 Å². The fraction of sp³-hybridized carbons (Fsp3) is 0.545. The number of nitrogens with zero attached hydrogens (tertiary/aromatic N) is 1. The molecule has 0 radical (unpaired) electrons. The maximum Gasteiger partial charge on any atom is 0.222 e. The van der Waals surface area contributed by atoms with Gasteiger partial charge in [-0.05, 0) is 31.7 Å². The molecule has 1 fully saturated rings. The number of hydrogen-bond donors (Lipinski definition) is 0. The number of ether oxygens (including phenoxy) is 1. The first kappa shape index (κ1) is 9.31. The van der Waals surface area contributed by atoms with E-state index in [0.29, 0.717) is 11.9 Å². The zero-order valence-electron chi connectivity index (χ0n) is 8.19. The third kappa shape index (κ3) is 2.37. The van der Waals surface area contributed by atoms with E-state index in [2.05, 4.69) is 0 Å². The Kier molecular flexibility index (Phi) is 2.87. The first-order chi connectivity index (χ1) is 6.84. The topological polar surface area (TPSA) is 36.2 Å². The van der Waals surface area contributed by atoms with Crippen LogP contribution in [0.25, 0.3) is 0 Å². The van der Waals surface area contributed by atoms with E-state index < -0.39 is 0 Å². The lowest BCUT2D eigenvalue weighted by atomic mass is 9.98. The number of pyridine rings is 1. The Morgan fingerprint density at radius 1 is 1.29 bits per heavy atom. The summed E-state index contributed by atoms with van der Waals surface area (Å²) < 4.78 is 6.49. The van der Waals surface area contributed by atoms with E-state index in [1.54, 1.807) is 6.07 Å². The molecule has 3 nitrogen and oxygen atoms in total. The Labute approximate surface area is 83.9 Å². The van der Waals surface area contributed by atoms with Gasteiger partial charge in [0.2, 0.25) is 6.20 Å². The van der Waals surface area contributed by atoms with Gasteiger partial charge in [0.05, 0.1) is 6.10 Å². The van der Waals surface area contributed by atoms with E-state index in [1.807, 2.05) is 6.07 Å². The molecule has 0 spiro atoms. The summed E-state index contributed by atoms with van der Waals surface area (Å²) >= 11 is 0. The Bertz CT molecular complexity index is 295. The summed E-state index contributed by atoms with van der Waals surface area (Å²) in [6.07, 6.45) is 9.30. The molecule has 1 saturated carbocycles. The van der Waals surface area contributed by atoms with Crippen LogP contribution in [0.4, 0.5) is 0 Å². The molecule has 0 amide bonds. The number of hydrogen-bond acceptors (Lipinski definition) is 2. The highest BCUT2D eigenvalue weighted by Crippen LogP contribution is 2.22. The first-order valence-corrected chi connectivity index (χ1v) is 5.20. The largest absolute Gasteiger partial charge is 0.619 e. The van der Waals surface area contributed by atoms with Gasteiger partial charge >= 0.3 is 0 Å². The third-order valence-corrected chi connectivity index (χ3v) is 2.60. The van der Waals surface area contributed by atoms with Crippen molar-refractivity contribution < 1.29 is 9.47 Å². The smallest absolute Gasteiger partial charge is 0.222 e. The van der Waals surface area contributed by atoms with Gasteiger partial charge in [-0.25, -0.2) is 0 Å². The molecule has 2 rings (SSSR count). The van der Waals surface area contributed by atoms with E-state index >= 15 is 0 Å². The molecule has 0 N–H and O–H groups in total. The molecule has 0 aromatic carbocycles. The van der Waals surface area contributed by atoms with Gasteiger partial charge in [-0.1, -0.05) is 6.42 Å². The number of aromatic nitrogens is 1. The van der Waals surface area contributed by atoms with Crippen molar-refractivity contribution in [3.8, 4) is 5.75 Å². The first-order valence-electron chi connectivity index (χ1n) is 5.20. The van der Waals surface area contributed by atoms with Crippen LogP contribution in [-0.4, -0.2) is 6.10 Å². The van der Waals surface area contributed by atoms with Crippen molar-refractivity contribution in [2.24, 2.45) is 0 Å². The normalized spacial score (nSPS) is 18.0. The lowest BCUT2D eigenvalue weighted by Crippen LogP contribution is -2.26. The molecular formula is C11H15NO2. The maximum atomic E-state index is 11.0. The summed E-state index contributed by atoms with van der Waals surface area (Å²) in [5, 5.41) is 11.0. The fourth-order valence-electron chi connectivity index (χ4n) is 1.88. The maximum absolute atomic E-state index is 11.0. The van der Waals surface area contributed by atoms with Gasteiger partial charge in [-0.3, -0.25) is 0 Å². The minimum absolute atomic E-state index is 0.311. The quantitative estimate of drug-likeness (QED) is 0.532. The molecule has 0 atom stereocenters. The minimum Gasteiger partial charge on any atom is -0.619 e. The lowest BCUT2D eigenvalue weighted by molar-refractivity contribution is -0.605. The van der Waals surface area contributed by atoms with Crippen molar-refractivity contribution in [2.75, 3.05) is 0 Å². The molecule has 76 valence electrons. The predicted octanol–water partition coefficient (Wildman–Crippen LogP) is 2.03. The Morgan fingerprint density at radius 2 is 2.07 bits per heavy atom. The average molecular weight is 193 g/mol. The lowest BCUT2D eigenvalue weighted by Gasteiger charge is -2.22. The van der Waals surface area contributed by atoms with E-state index in [4.69, 9.17) is 4.74 Å². The zero-order valence-corrected chi connectivity index (χ0v) is 8.19. The van der Waals surface area contributed by atoms with Crippen LogP contribution in [-0.2, 0) is 0 Å². The second-order valence-corrected chi connectivity index (χ2v) is 3.78. The van der Waals surface area contributed by atoms with Crippen LogP contribution in [0.2, 0.25) is 0 Å². The Hall–Kier alpha value is -1.25. The second-order valence-electron chi connectivity index (χ2n) is 3.78. The van der Waals surface area contributed by atoms with E-state index in [9.17, 15) is 5.21 Å². The summed E-state index contributed by atoms with van der Waals surface area (Å²) in [7, 11) is 0. The Balaban J connectivity index is 1.95. The Morgan fingerprint density at radius 3 is 2.79 bits per heavy atom. The highest BCUT2D eigenvalue weighted by atomic mass is 16.5. The summed E-state index contributed by atoms with van der Waals surface area (Å²) in [5.41, 5.74) is 0. The molecule has 0 saturated heterocycles. The SMILES string of the molecule is [O-][n+]1cccc(OC2CCCCC2)c1. The molecule has 14 heavy (non-hydrogen) atoms. The fourth-order valence-corrected chi connectivity index (χ4v) is 1.88. The molecule has 0 bridgehead atoms. The van der Waals surface area contributed by atoms with E-state index in [-0.39, 0.29) is 0 Å². The third-order valence-electron chi connectivity index (χ3n) is 2.60. The van der Waals surface area contributed by atoms with Crippen LogP contribution in [0.3, 0.4) is 0 Å². The molecule has 1 aromatic rings. The van der Waals surface area contributed by atoms with Crippen molar-refractivity contribution in [1.82, 2.24) is 0 Å². The minimum atomic E-state index is 0.311. The molecule has 1 aliphatic carbocycles. The highest BCUT2D eigenvalue weighted by Gasteiger charge is 2.15. The van der Waals surface area contributed by atoms with E-state index in [0.717, 1.165) is 17.6 Å².